The molecule has 0 saturated carbocycles. The third-order valence-electron chi connectivity index (χ3n) is 15.7. The number of nitrogens with two attached hydrogens (primary N) is 1. The first-order valence-electron chi connectivity index (χ1n) is 29.6. The van der Waals surface area contributed by atoms with Gasteiger partial charge in [-0.3, -0.25) is 43.3 Å². The molecule has 2 unspecified atom stereocenters. The molecule has 4 rings (SSSR count). The molecule has 2 aromatic carbocycles. The van der Waals surface area contributed by atoms with Gasteiger partial charge in [0.15, 0.2) is 0 Å². The van der Waals surface area contributed by atoms with Gasteiger partial charge < -0.3 is 47.3 Å². The molecule has 1 heterocycles. The van der Waals surface area contributed by atoms with Crippen molar-refractivity contribution in [3.63, 3.8) is 0 Å². The van der Waals surface area contributed by atoms with Gasteiger partial charge in [0.25, 0.3) is 27.7 Å². The Balaban J connectivity index is 1.51. The Morgan fingerprint density at radius 1 is 0.756 bits per heavy atom. The van der Waals surface area contributed by atoms with Crippen LogP contribution in [-0.2, 0) is 71.4 Å². The number of likely N-dealkylation sites (N-methyl/N-ethyl adjacent to an activating group) is 2. The van der Waals surface area contributed by atoms with E-state index in [1.807, 2.05) is 106 Å². The SMILES string of the molecule is CN[C@H](C(=O)NC(C(=O)N(C)[C@H](/C=C(\C)C(=O)NS(=O)(=O)c1ccc(NC(=O)[C@H](CCCNC(N)=O)NC(=O)C(NC(=O)CC(C)(C)COCC(C)(C)CN2C(=O)C=CC2=O)C(C)C)c2c1CCCC2)C(C)C)C(C)(C)C)C(C)(C)c1ccccc1. The minimum atomic E-state index is -4.54. The van der Waals surface area contributed by atoms with E-state index >= 15 is 0 Å². The largest absolute Gasteiger partial charge is 0.380 e. The maximum Gasteiger partial charge on any atom is 0.312 e. The molecule has 5 atom stereocenters. The number of rotatable bonds is 30. The summed E-state index contributed by atoms with van der Waals surface area (Å²) in [5.74, 6) is -4.91. The van der Waals surface area contributed by atoms with Crippen molar-refractivity contribution in [3.05, 3.63) is 83.0 Å². The van der Waals surface area contributed by atoms with Crippen LogP contribution < -0.4 is 42.4 Å². The molecule has 22 nitrogen and oxygen atoms in total. The molecule has 0 saturated heterocycles. The number of nitrogens with zero attached hydrogens (tertiary/aromatic N) is 2. The highest BCUT2D eigenvalue weighted by Crippen LogP contribution is 2.35. The Hall–Kier alpha value is -6.98. The Morgan fingerprint density at radius 2 is 1.35 bits per heavy atom. The number of hydrogen-bond donors (Lipinski definition) is 8. The fourth-order valence-corrected chi connectivity index (χ4v) is 12.1. The lowest BCUT2D eigenvalue weighted by Crippen LogP contribution is -2.61. The monoisotopic (exact) mass is 1220 g/mol. The zero-order valence-corrected chi connectivity index (χ0v) is 54.2. The average Bonchev–Trinajstić information content (AvgIpc) is 1.14. The van der Waals surface area contributed by atoms with Crippen molar-refractivity contribution in [2.24, 2.45) is 33.8 Å². The molecule has 2 aromatic rings. The van der Waals surface area contributed by atoms with Crippen LogP contribution in [0.4, 0.5) is 10.5 Å². The summed E-state index contributed by atoms with van der Waals surface area (Å²) in [6, 6.07) is 6.89. The van der Waals surface area contributed by atoms with Gasteiger partial charge in [-0.05, 0) is 104 Å². The van der Waals surface area contributed by atoms with Crippen molar-refractivity contribution in [1.29, 1.82) is 0 Å². The lowest BCUT2D eigenvalue weighted by atomic mass is 9.76. The second kappa shape index (κ2) is 30.1. The van der Waals surface area contributed by atoms with Crippen molar-refractivity contribution >= 4 is 69.0 Å². The van der Waals surface area contributed by atoms with Crippen molar-refractivity contribution in [2.75, 3.05) is 45.7 Å². The smallest absolute Gasteiger partial charge is 0.312 e. The minimum absolute atomic E-state index is 0.0246. The van der Waals surface area contributed by atoms with Gasteiger partial charge in [0.05, 0.1) is 30.2 Å². The fraction of sp³-hybridized carbons (Fsp3) is 0.603. The summed E-state index contributed by atoms with van der Waals surface area (Å²) in [5.41, 5.74) is 4.79. The Labute approximate surface area is 509 Å². The first-order valence-corrected chi connectivity index (χ1v) is 31.1. The Morgan fingerprint density at radius 3 is 1.91 bits per heavy atom. The molecule has 23 heteroatoms. The molecule has 1 aliphatic carbocycles. The van der Waals surface area contributed by atoms with E-state index in [9.17, 15) is 51.6 Å². The summed E-state index contributed by atoms with van der Waals surface area (Å²) in [4.78, 5) is 123. The standard InChI is InChI=1S/C63H96N10O12S/c1-38(2)46(72(16)58(81)53(60(6,7)8)70-57(80)52(65-15)63(13,14)41-23-18-17-19-24-41)33-40(5)54(77)71-86(83,84)47-29-28-44(42-25-20-21-26-43(42)47)67-55(78)45(27-22-32-66-59(64)82)68-56(79)51(39(3)4)69-48(74)34-61(9,10)36-85-37-62(11,12)35-73-49(75)30-31-50(73)76/h17-19,23-24,28-31,33,38-39,45-46,51-53,65H,20-22,25-27,32,34-37H2,1-16H3,(H,67,78)(H,68,79)(H,69,74)(H,70,80)(H,71,77)(H3,64,66,82)/b40-33+/t45-,46+,51?,52+,53?/m0/s1. The summed E-state index contributed by atoms with van der Waals surface area (Å²) in [6.07, 6.45) is 6.16. The molecule has 2 aliphatic rings. The highest BCUT2D eigenvalue weighted by Gasteiger charge is 2.42. The minimum Gasteiger partial charge on any atom is -0.380 e. The van der Waals surface area contributed by atoms with Gasteiger partial charge in [-0.15, -0.1) is 0 Å². The van der Waals surface area contributed by atoms with Gasteiger partial charge in [0, 0.05) is 60.8 Å². The number of carbonyl (C=O) groups excluding carboxylic acids is 9. The molecular weight excluding hydrogens is 1120 g/mol. The summed E-state index contributed by atoms with van der Waals surface area (Å²) >= 11 is 0. The number of amides is 10. The lowest BCUT2D eigenvalue weighted by Gasteiger charge is -2.40. The molecule has 10 amide bonds. The number of sulfonamides is 1. The number of benzene rings is 2. The van der Waals surface area contributed by atoms with Gasteiger partial charge in [0.1, 0.15) is 18.1 Å². The number of imide groups is 1. The first kappa shape index (κ1) is 71.5. The van der Waals surface area contributed by atoms with Gasteiger partial charge in [-0.25, -0.2) is 17.9 Å². The number of nitrogens with one attached hydrogen (secondary N) is 7. The van der Waals surface area contributed by atoms with E-state index in [2.05, 4.69) is 36.6 Å². The summed E-state index contributed by atoms with van der Waals surface area (Å²) in [6.45, 7) is 26.1. The topological polar surface area (TPSA) is 314 Å². The molecule has 9 N–H and O–H groups in total. The van der Waals surface area contributed by atoms with Crippen LogP contribution in [0, 0.1) is 28.1 Å². The van der Waals surface area contributed by atoms with Gasteiger partial charge >= 0.3 is 6.03 Å². The number of primary amides is 1. The van der Waals surface area contributed by atoms with E-state index in [4.69, 9.17) is 10.5 Å². The van der Waals surface area contributed by atoms with E-state index in [1.54, 1.807) is 34.0 Å². The number of urea groups is 1. The van der Waals surface area contributed by atoms with E-state index in [0.29, 0.717) is 42.5 Å². The molecular formula is C63H96N10O12S. The maximum atomic E-state index is 14.5. The van der Waals surface area contributed by atoms with Crippen molar-refractivity contribution in [1.82, 2.24) is 41.1 Å². The van der Waals surface area contributed by atoms with Crippen molar-refractivity contribution in [3.8, 4) is 0 Å². The number of fused-ring (bicyclic) bond motifs is 1. The summed E-state index contributed by atoms with van der Waals surface area (Å²) < 4.78 is 36.9. The lowest BCUT2D eigenvalue weighted by molar-refractivity contribution is -0.141. The molecule has 0 spiro atoms. The van der Waals surface area contributed by atoms with Crippen molar-refractivity contribution < 1.29 is 56.3 Å². The highest BCUT2D eigenvalue weighted by molar-refractivity contribution is 7.90. The predicted octanol–water partition coefficient (Wildman–Crippen LogP) is 5.29. The second-order valence-corrected chi connectivity index (χ2v) is 28.4. The highest BCUT2D eigenvalue weighted by atomic mass is 32.2. The van der Waals surface area contributed by atoms with E-state index in [-0.39, 0.29) is 67.9 Å². The maximum absolute atomic E-state index is 14.5. The quantitative estimate of drug-likeness (QED) is 0.0280. The number of anilines is 1. The van der Waals surface area contributed by atoms with Crippen LogP contribution in [0.2, 0.25) is 0 Å². The summed E-state index contributed by atoms with van der Waals surface area (Å²) in [5, 5.41) is 17.2. The van der Waals surface area contributed by atoms with Crippen LogP contribution in [0.25, 0.3) is 0 Å². The van der Waals surface area contributed by atoms with Gasteiger partial charge in [0.2, 0.25) is 29.5 Å². The molecule has 1 aliphatic heterocycles. The van der Waals surface area contributed by atoms with E-state index in [1.165, 1.54) is 36.1 Å². The predicted molar refractivity (Wildman–Crippen MR) is 330 cm³/mol. The normalized spacial score (nSPS) is 15.9. The number of ether oxygens (including phenoxy) is 1. The number of hydrogen-bond acceptors (Lipinski definition) is 13. The Bertz CT molecular complexity index is 2970. The van der Waals surface area contributed by atoms with Crippen molar-refractivity contribution in [2.45, 2.75) is 182 Å². The molecule has 86 heavy (non-hydrogen) atoms. The zero-order valence-electron chi connectivity index (χ0n) is 53.4. The molecule has 0 fully saturated rings. The molecule has 0 aromatic heterocycles. The van der Waals surface area contributed by atoms with Crippen LogP contribution >= 0.6 is 0 Å². The van der Waals surface area contributed by atoms with Gasteiger partial charge in [-0.2, -0.15) is 0 Å². The van der Waals surface area contributed by atoms with Gasteiger partial charge in [-0.1, -0.05) is 126 Å². The third-order valence-corrected chi connectivity index (χ3v) is 17.1. The van der Waals surface area contributed by atoms with E-state index in [0.717, 1.165) is 10.5 Å². The fourth-order valence-electron chi connectivity index (χ4n) is 10.8. The Kier molecular flexibility index (Phi) is 25.0. The van der Waals surface area contributed by atoms with Crippen LogP contribution in [0.5, 0.6) is 0 Å². The van der Waals surface area contributed by atoms with Crippen LogP contribution in [0.3, 0.4) is 0 Å². The number of carbonyl (C=O) groups is 9. The average molecular weight is 1220 g/mol. The van der Waals surface area contributed by atoms with Crippen LogP contribution in [0.1, 0.15) is 146 Å². The van der Waals surface area contributed by atoms with Crippen LogP contribution in [0.15, 0.2) is 71.2 Å². The second-order valence-electron chi connectivity index (χ2n) is 26.7. The van der Waals surface area contributed by atoms with E-state index < -0.39 is 115 Å². The first-order chi connectivity index (χ1) is 39.8. The third kappa shape index (κ3) is 19.8. The molecule has 0 radical (unpaired) electrons. The van der Waals surface area contributed by atoms with Crippen LogP contribution in [-0.4, -0.2) is 142 Å². The molecule has 0 bridgehead atoms. The zero-order chi connectivity index (χ0) is 64.9. The summed E-state index contributed by atoms with van der Waals surface area (Å²) in [7, 11) is -1.25. The molecule has 476 valence electrons.